The number of aryl methyl sites for hydroxylation is 3. The summed E-state index contributed by atoms with van der Waals surface area (Å²) in [5.74, 6) is 1.88. The maximum atomic E-state index is 5.53. The lowest BCUT2D eigenvalue weighted by atomic mass is 9.82. The van der Waals surface area contributed by atoms with Crippen LogP contribution in [0.3, 0.4) is 0 Å². The summed E-state index contributed by atoms with van der Waals surface area (Å²) >= 11 is 0. The monoisotopic (exact) mass is 416 g/mol. The molecule has 0 heterocycles. The van der Waals surface area contributed by atoms with E-state index in [2.05, 4.69) is 77.1 Å². The smallest absolute Gasteiger partial charge is 0.121 e. The number of ether oxygens (including phenoxy) is 2. The quantitative estimate of drug-likeness (QED) is 0.374. The third-order valence-electron chi connectivity index (χ3n) is 6.25. The van der Waals surface area contributed by atoms with E-state index in [1.807, 2.05) is 0 Å². The number of rotatable bonds is 8. The number of benzene rings is 3. The van der Waals surface area contributed by atoms with Gasteiger partial charge in [0.2, 0.25) is 0 Å². The van der Waals surface area contributed by atoms with Crippen LogP contribution in [0.2, 0.25) is 0 Å². The van der Waals surface area contributed by atoms with E-state index in [9.17, 15) is 0 Å². The minimum absolute atomic E-state index is 0.937. The zero-order chi connectivity index (χ0) is 22.5. The second-order valence-corrected chi connectivity index (χ2v) is 8.24. The average Bonchev–Trinajstić information content (AvgIpc) is 2.78. The SMILES string of the molecule is CCCc1cc(-c2ccc(OC)c(C)c2)c(CC)c(-c2ccc(OC)c(C)c2)c1CC. The topological polar surface area (TPSA) is 18.5 Å². The Hall–Kier alpha value is -2.74. The van der Waals surface area contributed by atoms with Crippen LogP contribution >= 0.6 is 0 Å². The van der Waals surface area contributed by atoms with E-state index in [4.69, 9.17) is 9.47 Å². The predicted octanol–water partition coefficient (Wildman–Crippen LogP) is 7.73. The number of methoxy groups -OCH3 is 2. The van der Waals surface area contributed by atoms with E-state index < -0.39 is 0 Å². The molecule has 0 aliphatic rings. The first-order valence-electron chi connectivity index (χ1n) is 11.5. The van der Waals surface area contributed by atoms with Gasteiger partial charge in [-0.1, -0.05) is 45.4 Å². The van der Waals surface area contributed by atoms with Gasteiger partial charge in [0.1, 0.15) is 11.5 Å². The highest BCUT2D eigenvalue weighted by Crippen LogP contribution is 2.40. The molecule has 0 aromatic heterocycles. The van der Waals surface area contributed by atoms with E-state index in [1.54, 1.807) is 14.2 Å². The molecule has 0 aliphatic carbocycles. The van der Waals surface area contributed by atoms with Crippen molar-refractivity contribution in [3.05, 3.63) is 70.3 Å². The van der Waals surface area contributed by atoms with Crippen LogP contribution in [0.25, 0.3) is 22.3 Å². The lowest BCUT2D eigenvalue weighted by molar-refractivity contribution is 0.411. The molecule has 0 spiro atoms. The molecule has 3 rings (SSSR count). The summed E-state index contributed by atoms with van der Waals surface area (Å²) < 4.78 is 11.0. The fraction of sp³-hybridized carbons (Fsp3) is 0.379. The summed E-state index contributed by atoms with van der Waals surface area (Å²) in [7, 11) is 3.47. The molecule has 0 amide bonds. The molecule has 164 valence electrons. The Labute approximate surface area is 188 Å². The van der Waals surface area contributed by atoms with Gasteiger partial charge in [0, 0.05) is 0 Å². The van der Waals surface area contributed by atoms with Gasteiger partial charge in [-0.15, -0.1) is 0 Å². The van der Waals surface area contributed by atoms with Gasteiger partial charge >= 0.3 is 0 Å². The van der Waals surface area contributed by atoms with Gasteiger partial charge in [0.05, 0.1) is 14.2 Å². The molecule has 0 N–H and O–H groups in total. The van der Waals surface area contributed by atoms with Crippen molar-refractivity contribution in [3.8, 4) is 33.8 Å². The van der Waals surface area contributed by atoms with Crippen molar-refractivity contribution in [2.75, 3.05) is 14.2 Å². The Balaban J connectivity index is 2.35. The van der Waals surface area contributed by atoms with Crippen molar-refractivity contribution in [1.82, 2.24) is 0 Å². The molecular formula is C29H36O2. The third kappa shape index (κ3) is 4.49. The summed E-state index contributed by atoms with van der Waals surface area (Å²) in [6.45, 7) is 11.1. The fourth-order valence-electron chi connectivity index (χ4n) is 4.78. The highest BCUT2D eigenvalue weighted by molar-refractivity contribution is 5.83. The third-order valence-corrected chi connectivity index (χ3v) is 6.25. The Morgan fingerprint density at radius 2 is 1.23 bits per heavy atom. The van der Waals surface area contributed by atoms with Crippen molar-refractivity contribution < 1.29 is 9.47 Å². The summed E-state index contributed by atoms with van der Waals surface area (Å²) in [4.78, 5) is 0. The van der Waals surface area contributed by atoms with Crippen LogP contribution in [-0.4, -0.2) is 14.2 Å². The van der Waals surface area contributed by atoms with E-state index in [1.165, 1.54) is 50.1 Å². The molecule has 0 unspecified atom stereocenters. The van der Waals surface area contributed by atoms with E-state index in [-0.39, 0.29) is 0 Å². The van der Waals surface area contributed by atoms with Crippen LogP contribution in [0.1, 0.15) is 55.0 Å². The lowest BCUT2D eigenvalue weighted by Crippen LogP contribution is -2.04. The molecule has 0 radical (unpaired) electrons. The molecule has 2 nitrogen and oxygen atoms in total. The Kier molecular flexibility index (Phi) is 7.43. The average molecular weight is 417 g/mol. The zero-order valence-electron chi connectivity index (χ0n) is 20.2. The van der Waals surface area contributed by atoms with Crippen LogP contribution in [0.5, 0.6) is 11.5 Å². The second-order valence-electron chi connectivity index (χ2n) is 8.24. The van der Waals surface area contributed by atoms with Crippen LogP contribution in [-0.2, 0) is 19.3 Å². The molecular weight excluding hydrogens is 380 g/mol. The lowest BCUT2D eigenvalue weighted by Gasteiger charge is -2.23. The Morgan fingerprint density at radius 1 is 0.677 bits per heavy atom. The number of hydrogen-bond acceptors (Lipinski definition) is 2. The first-order valence-corrected chi connectivity index (χ1v) is 11.5. The van der Waals surface area contributed by atoms with Crippen molar-refractivity contribution >= 4 is 0 Å². The first kappa shape index (κ1) is 22.9. The fourth-order valence-corrected chi connectivity index (χ4v) is 4.78. The minimum atomic E-state index is 0.937. The Bertz CT molecular complexity index is 1060. The van der Waals surface area contributed by atoms with Crippen molar-refractivity contribution in [2.45, 2.75) is 60.3 Å². The highest BCUT2D eigenvalue weighted by Gasteiger charge is 2.19. The van der Waals surface area contributed by atoms with Gasteiger partial charge in [-0.2, -0.15) is 0 Å². The molecule has 31 heavy (non-hydrogen) atoms. The summed E-state index contributed by atoms with van der Waals surface area (Å²) in [5, 5.41) is 0. The predicted molar refractivity (Wildman–Crippen MR) is 133 cm³/mol. The summed E-state index contributed by atoms with van der Waals surface area (Å²) in [6.07, 6.45) is 4.25. The van der Waals surface area contributed by atoms with Gasteiger partial charge in [0.25, 0.3) is 0 Å². The highest BCUT2D eigenvalue weighted by atomic mass is 16.5. The zero-order valence-corrected chi connectivity index (χ0v) is 20.2. The van der Waals surface area contributed by atoms with Crippen molar-refractivity contribution in [3.63, 3.8) is 0 Å². The summed E-state index contributed by atoms with van der Waals surface area (Å²) in [5.41, 5.74) is 12.0. The molecule has 0 fully saturated rings. The van der Waals surface area contributed by atoms with Gasteiger partial charge in [-0.25, -0.2) is 0 Å². The summed E-state index contributed by atoms with van der Waals surface area (Å²) in [6, 6.07) is 15.6. The van der Waals surface area contributed by atoms with Gasteiger partial charge in [-0.3, -0.25) is 0 Å². The molecule has 0 saturated carbocycles. The van der Waals surface area contributed by atoms with Crippen molar-refractivity contribution in [1.29, 1.82) is 0 Å². The van der Waals surface area contributed by atoms with Crippen LogP contribution < -0.4 is 9.47 Å². The normalized spacial score (nSPS) is 10.9. The van der Waals surface area contributed by atoms with Crippen LogP contribution in [0.15, 0.2) is 42.5 Å². The minimum Gasteiger partial charge on any atom is -0.496 e. The first-order chi connectivity index (χ1) is 15.0. The van der Waals surface area contributed by atoms with E-state index in [0.29, 0.717) is 0 Å². The molecule has 2 heteroatoms. The molecule has 0 aliphatic heterocycles. The second kappa shape index (κ2) is 10.0. The Morgan fingerprint density at radius 3 is 1.71 bits per heavy atom. The molecule has 3 aromatic carbocycles. The number of hydrogen-bond donors (Lipinski definition) is 0. The van der Waals surface area contributed by atoms with Gasteiger partial charge < -0.3 is 9.47 Å². The largest absolute Gasteiger partial charge is 0.496 e. The van der Waals surface area contributed by atoms with Gasteiger partial charge in [0.15, 0.2) is 0 Å². The molecule has 0 atom stereocenters. The van der Waals surface area contributed by atoms with E-state index in [0.717, 1.165) is 37.2 Å². The molecule has 0 bridgehead atoms. The van der Waals surface area contributed by atoms with Gasteiger partial charge in [-0.05, 0) is 107 Å². The van der Waals surface area contributed by atoms with Crippen LogP contribution in [0, 0.1) is 13.8 Å². The maximum Gasteiger partial charge on any atom is 0.121 e. The molecule has 3 aromatic rings. The standard InChI is InChI=1S/C29H36O2/c1-8-11-21-18-26(22-12-14-27(30-6)19(4)16-22)25(10-3)29(24(21)9-2)23-13-15-28(31-7)20(5)17-23/h12-18H,8-11H2,1-7H3. The van der Waals surface area contributed by atoms with E-state index >= 15 is 0 Å². The van der Waals surface area contributed by atoms with Crippen molar-refractivity contribution in [2.24, 2.45) is 0 Å². The maximum absolute atomic E-state index is 5.53. The van der Waals surface area contributed by atoms with Crippen LogP contribution in [0.4, 0.5) is 0 Å². The molecule has 0 saturated heterocycles.